The van der Waals surface area contributed by atoms with Crippen molar-refractivity contribution in [2.75, 3.05) is 0 Å². The first-order valence-electron chi connectivity index (χ1n) is 8.04. The topological polar surface area (TPSA) is 17.3 Å². The summed E-state index contributed by atoms with van der Waals surface area (Å²) in [6.07, 6.45) is 11.8. The number of hydrogen-bond acceptors (Lipinski definition) is 1. The van der Waals surface area contributed by atoms with Gasteiger partial charge >= 0.3 is 0 Å². The highest BCUT2D eigenvalue weighted by Gasteiger charge is 2.15. The first-order valence-corrected chi connectivity index (χ1v) is 8.04. The fourth-order valence-electron chi connectivity index (χ4n) is 3.03. The fourth-order valence-corrected chi connectivity index (χ4v) is 3.03. The van der Waals surface area contributed by atoms with E-state index in [1.165, 1.54) is 36.8 Å². The Labute approximate surface area is 127 Å². The summed E-state index contributed by atoms with van der Waals surface area (Å²) in [6, 6.07) is 11.4. The van der Waals surface area contributed by atoms with E-state index in [0.717, 1.165) is 5.69 Å². The van der Waals surface area contributed by atoms with Gasteiger partial charge in [0.1, 0.15) is 0 Å². The van der Waals surface area contributed by atoms with Gasteiger partial charge in [-0.25, -0.2) is 0 Å². The van der Waals surface area contributed by atoms with Crippen LogP contribution in [0.2, 0.25) is 0 Å². The largest absolute Gasteiger partial charge is 0.351 e. The maximum absolute atomic E-state index is 4.58. The second-order valence-electron chi connectivity index (χ2n) is 6.33. The molecule has 1 aliphatic carbocycles. The van der Waals surface area contributed by atoms with Crippen LogP contribution < -0.4 is 0 Å². The van der Waals surface area contributed by atoms with Crippen molar-refractivity contribution in [1.82, 2.24) is 4.57 Å². The molecule has 1 heterocycles. The van der Waals surface area contributed by atoms with E-state index in [1.807, 2.05) is 6.21 Å². The minimum atomic E-state index is 0.573. The molecule has 0 N–H and O–H groups in total. The zero-order valence-corrected chi connectivity index (χ0v) is 13.0. The monoisotopic (exact) mass is 280 g/mol. The van der Waals surface area contributed by atoms with E-state index in [4.69, 9.17) is 0 Å². The molecule has 0 aliphatic heterocycles. The van der Waals surface area contributed by atoms with E-state index >= 15 is 0 Å². The van der Waals surface area contributed by atoms with E-state index < -0.39 is 0 Å². The number of nitrogens with zero attached hydrogens (tertiary/aromatic N) is 2. The third-order valence-corrected chi connectivity index (χ3v) is 4.41. The van der Waals surface area contributed by atoms with Crippen LogP contribution in [0.1, 0.15) is 62.6 Å². The summed E-state index contributed by atoms with van der Waals surface area (Å²) in [6.45, 7) is 4.42. The van der Waals surface area contributed by atoms with Gasteiger partial charge in [-0.15, -0.1) is 0 Å². The molecular formula is C19H24N2. The van der Waals surface area contributed by atoms with Crippen LogP contribution in [0.5, 0.6) is 0 Å². The van der Waals surface area contributed by atoms with Crippen LogP contribution in [0.25, 0.3) is 0 Å². The molecule has 2 aromatic rings. The van der Waals surface area contributed by atoms with Crippen LogP contribution in [0, 0.1) is 0 Å². The van der Waals surface area contributed by atoms with Crippen LogP contribution in [-0.2, 0) is 0 Å². The van der Waals surface area contributed by atoms with E-state index in [0.29, 0.717) is 12.0 Å². The molecular weight excluding hydrogens is 256 g/mol. The molecule has 0 amide bonds. The smallest absolute Gasteiger partial charge is 0.0630 e. The van der Waals surface area contributed by atoms with Crippen molar-refractivity contribution >= 4 is 11.9 Å². The van der Waals surface area contributed by atoms with Gasteiger partial charge in [0.05, 0.1) is 5.69 Å². The van der Waals surface area contributed by atoms with E-state index in [9.17, 15) is 0 Å². The molecule has 1 saturated carbocycles. The SMILES string of the molecule is CC(C)c1ccc(N=Cc2ccn(C3CCCC3)c2)cc1. The zero-order chi connectivity index (χ0) is 14.7. The highest BCUT2D eigenvalue weighted by molar-refractivity contribution is 5.81. The second-order valence-corrected chi connectivity index (χ2v) is 6.33. The van der Waals surface area contributed by atoms with Gasteiger partial charge in [-0.2, -0.15) is 0 Å². The van der Waals surface area contributed by atoms with Crippen LogP contribution in [0.4, 0.5) is 5.69 Å². The number of aromatic nitrogens is 1. The Morgan fingerprint density at radius 3 is 2.48 bits per heavy atom. The number of rotatable bonds is 4. The summed E-state index contributed by atoms with van der Waals surface area (Å²) in [5.41, 5.74) is 3.57. The fraction of sp³-hybridized carbons (Fsp3) is 0.421. The molecule has 110 valence electrons. The van der Waals surface area contributed by atoms with Crippen LogP contribution >= 0.6 is 0 Å². The molecule has 0 unspecified atom stereocenters. The molecule has 2 heteroatoms. The molecule has 1 aromatic carbocycles. The normalized spacial score (nSPS) is 16.3. The molecule has 0 atom stereocenters. The average molecular weight is 280 g/mol. The first-order chi connectivity index (χ1) is 10.2. The summed E-state index contributed by atoms with van der Waals surface area (Å²) in [4.78, 5) is 4.58. The van der Waals surface area contributed by atoms with Crippen LogP contribution in [-0.4, -0.2) is 10.8 Å². The molecule has 0 spiro atoms. The van der Waals surface area contributed by atoms with Gasteiger partial charge < -0.3 is 4.57 Å². The van der Waals surface area contributed by atoms with Crippen LogP contribution in [0.3, 0.4) is 0 Å². The lowest BCUT2D eigenvalue weighted by Crippen LogP contribution is -2.00. The molecule has 2 nitrogen and oxygen atoms in total. The Morgan fingerprint density at radius 1 is 1.10 bits per heavy atom. The van der Waals surface area contributed by atoms with Gasteiger partial charge in [0.25, 0.3) is 0 Å². The van der Waals surface area contributed by atoms with Crippen LogP contribution in [0.15, 0.2) is 47.7 Å². The number of benzene rings is 1. The molecule has 0 bridgehead atoms. The average Bonchev–Trinajstić information content (AvgIpc) is 3.16. The summed E-state index contributed by atoms with van der Waals surface area (Å²) in [7, 11) is 0. The predicted molar refractivity (Wildman–Crippen MR) is 89.7 cm³/mol. The molecule has 0 saturated heterocycles. The van der Waals surface area contributed by atoms with Gasteiger partial charge in [-0.1, -0.05) is 38.8 Å². The van der Waals surface area contributed by atoms with Gasteiger partial charge in [-0.3, -0.25) is 4.99 Å². The quantitative estimate of drug-likeness (QED) is 0.660. The van der Waals surface area contributed by atoms with E-state index in [-0.39, 0.29) is 0 Å². The van der Waals surface area contributed by atoms with Gasteiger partial charge in [-0.05, 0) is 42.5 Å². The second kappa shape index (κ2) is 6.30. The summed E-state index contributed by atoms with van der Waals surface area (Å²) >= 11 is 0. The Hall–Kier alpha value is -1.83. The highest BCUT2D eigenvalue weighted by atomic mass is 15.0. The Bertz CT molecular complexity index is 599. The lowest BCUT2D eigenvalue weighted by atomic mass is 10.0. The highest BCUT2D eigenvalue weighted by Crippen LogP contribution is 2.29. The Kier molecular flexibility index (Phi) is 4.23. The molecule has 0 radical (unpaired) electrons. The number of aliphatic imine (C=N–C) groups is 1. The molecule has 1 fully saturated rings. The summed E-state index contributed by atoms with van der Waals surface area (Å²) in [5.74, 6) is 0.573. The third kappa shape index (κ3) is 3.44. The van der Waals surface area contributed by atoms with Gasteiger partial charge in [0, 0.05) is 30.2 Å². The molecule has 21 heavy (non-hydrogen) atoms. The minimum Gasteiger partial charge on any atom is -0.351 e. The van der Waals surface area contributed by atoms with Gasteiger partial charge in [0.15, 0.2) is 0 Å². The van der Waals surface area contributed by atoms with Crippen molar-refractivity contribution in [3.05, 3.63) is 53.9 Å². The number of hydrogen-bond donors (Lipinski definition) is 0. The summed E-state index contributed by atoms with van der Waals surface area (Å²) in [5, 5.41) is 0. The molecule has 1 aromatic heterocycles. The maximum atomic E-state index is 4.58. The van der Waals surface area contributed by atoms with Crippen molar-refractivity contribution < 1.29 is 0 Å². The Morgan fingerprint density at radius 2 is 1.81 bits per heavy atom. The zero-order valence-electron chi connectivity index (χ0n) is 13.0. The molecule has 3 rings (SSSR count). The standard InChI is InChI=1S/C19H24N2/c1-15(2)17-7-9-18(10-8-17)20-13-16-11-12-21(14-16)19-5-3-4-6-19/h7-15,19H,3-6H2,1-2H3. The lowest BCUT2D eigenvalue weighted by Gasteiger charge is -2.10. The van der Waals surface area contributed by atoms with Crippen molar-refractivity contribution in [1.29, 1.82) is 0 Å². The third-order valence-electron chi connectivity index (χ3n) is 4.41. The minimum absolute atomic E-state index is 0.573. The van der Waals surface area contributed by atoms with Gasteiger partial charge in [0.2, 0.25) is 0 Å². The molecule has 1 aliphatic rings. The van der Waals surface area contributed by atoms with Crippen molar-refractivity contribution in [2.45, 2.75) is 51.5 Å². The van der Waals surface area contributed by atoms with Crippen molar-refractivity contribution in [3.63, 3.8) is 0 Å². The van der Waals surface area contributed by atoms with Crippen molar-refractivity contribution in [2.24, 2.45) is 4.99 Å². The van der Waals surface area contributed by atoms with Crippen molar-refractivity contribution in [3.8, 4) is 0 Å². The Balaban J connectivity index is 1.68. The first kappa shape index (κ1) is 14.1. The lowest BCUT2D eigenvalue weighted by molar-refractivity contribution is 0.521. The van der Waals surface area contributed by atoms with E-state index in [2.05, 4.69) is 66.1 Å². The summed E-state index contributed by atoms with van der Waals surface area (Å²) < 4.78 is 2.36. The maximum Gasteiger partial charge on any atom is 0.0630 e. The predicted octanol–water partition coefficient (Wildman–Crippen LogP) is 5.48. The van der Waals surface area contributed by atoms with E-state index in [1.54, 1.807) is 0 Å².